The second kappa shape index (κ2) is 8.58. The third kappa shape index (κ3) is 4.16. The number of hydrogen-bond donors (Lipinski definition) is 0. The summed E-state index contributed by atoms with van der Waals surface area (Å²) in [6.07, 6.45) is 1.67. The van der Waals surface area contributed by atoms with Crippen LogP contribution in [0.1, 0.15) is 11.1 Å². The van der Waals surface area contributed by atoms with Gasteiger partial charge in [-0.3, -0.25) is 4.68 Å². The second-order valence-electron chi connectivity index (χ2n) is 6.48. The van der Waals surface area contributed by atoms with Gasteiger partial charge in [-0.05, 0) is 35.9 Å². The van der Waals surface area contributed by atoms with Crippen molar-refractivity contribution in [2.75, 3.05) is 0 Å². The number of nitriles is 1. The number of benzene rings is 3. The van der Waals surface area contributed by atoms with E-state index in [-0.39, 0.29) is 23.1 Å². The van der Waals surface area contributed by atoms with Gasteiger partial charge in [0.2, 0.25) is 0 Å². The van der Waals surface area contributed by atoms with Gasteiger partial charge in [-0.15, -0.1) is 0 Å². The van der Waals surface area contributed by atoms with Crippen molar-refractivity contribution >= 4 is 23.2 Å². The number of nitrogens with zero attached hydrogens (tertiary/aromatic N) is 3. The molecule has 1 heterocycles. The van der Waals surface area contributed by atoms with Gasteiger partial charge < -0.3 is 4.74 Å². The Bertz CT molecular complexity index is 1250. The molecule has 4 aromatic rings. The second-order valence-corrected chi connectivity index (χ2v) is 7.32. The molecule has 0 radical (unpaired) electrons. The molecule has 0 saturated heterocycles. The van der Waals surface area contributed by atoms with Gasteiger partial charge in [0, 0.05) is 16.8 Å². The third-order valence-corrected chi connectivity index (χ3v) is 4.97. The maximum absolute atomic E-state index is 15.3. The minimum absolute atomic E-state index is 0.110. The minimum atomic E-state index is -0.601. The Morgan fingerprint density at radius 1 is 1.03 bits per heavy atom. The Morgan fingerprint density at radius 2 is 1.83 bits per heavy atom. The summed E-state index contributed by atoms with van der Waals surface area (Å²) in [6, 6.07) is 21.2. The molecule has 4 rings (SSSR count). The third-order valence-electron chi connectivity index (χ3n) is 4.46. The van der Waals surface area contributed by atoms with Crippen molar-refractivity contribution in [1.29, 1.82) is 5.26 Å². The lowest BCUT2D eigenvalue weighted by Crippen LogP contribution is -2.06. The van der Waals surface area contributed by atoms with Gasteiger partial charge in [0.05, 0.1) is 28.9 Å². The average Bonchev–Trinajstić information content (AvgIpc) is 3.21. The summed E-state index contributed by atoms with van der Waals surface area (Å²) in [7, 11) is 0. The van der Waals surface area contributed by atoms with Gasteiger partial charge in [-0.2, -0.15) is 10.4 Å². The highest BCUT2D eigenvalue weighted by molar-refractivity contribution is 6.32. The molecule has 30 heavy (non-hydrogen) atoms. The lowest BCUT2D eigenvalue weighted by Gasteiger charge is -2.14. The van der Waals surface area contributed by atoms with E-state index < -0.39 is 5.82 Å². The van der Waals surface area contributed by atoms with Crippen molar-refractivity contribution in [2.24, 2.45) is 0 Å². The van der Waals surface area contributed by atoms with Crippen molar-refractivity contribution in [3.63, 3.8) is 0 Å². The molecule has 3 aromatic carbocycles. The van der Waals surface area contributed by atoms with Crippen LogP contribution in [0.25, 0.3) is 11.3 Å². The van der Waals surface area contributed by atoms with E-state index in [0.29, 0.717) is 16.1 Å². The molecular weight excluding hydrogens is 424 g/mol. The highest BCUT2D eigenvalue weighted by Gasteiger charge is 2.17. The number of ether oxygens (including phenoxy) is 1. The van der Waals surface area contributed by atoms with Gasteiger partial charge in [-0.1, -0.05) is 59.6 Å². The predicted molar refractivity (Wildman–Crippen MR) is 114 cm³/mol. The average molecular weight is 438 g/mol. The summed E-state index contributed by atoms with van der Waals surface area (Å²) in [5.74, 6) is -0.509. The Balaban J connectivity index is 1.67. The summed E-state index contributed by atoms with van der Waals surface area (Å²) in [5.41, 5.74) is 2.50. The first-order valence-electron chi connectivity index (χ1n) is 8.98. The molecule has 1 aromatic heterocycles. The fourth-order valence-electron chi connectivity index (χ4n) is 3.07. The van der Waals surface area contributed by atoms with Gasteiger partial charge in [0.25, 0.3) is 0 Å². The largest absolute Gasteiger partial charge is 0.453 e. The van der Waals surface area contributed by atoms with Crippen LogP contribution in [-0.4, -0.2) is 9.78 Å². The molecule has 148 valence electrons. The van der Waals surface area contributed by atoms with Crippen LogP contribution in [0.4, 0.5) is 4.39 Å². The number of aromatic nitrogens is 2. The first-order valence-corrected chi connectivity index (χ1v) is 9.73. The Morgan fingerprint density at radius 3 is 2.60 bits per heavy atom. The van der Waals surface area contributed by atoms with E-state index in [1.54, 1.807) is 23.0 Å². The minimum Gasteiger partial charge on any atom is -0.453 e. The molecule has 0 aliphatic heterocycles. The zero-order valence-electron chi connectivity index (χ0n) is 15.5. The molecule has 4 nitrogen and oxygen atoms in total. The monoisotopic (exact) mass is 437 g/mol. The van der Waals surface area contributed by atoms with Crippen LogP contribution in [-0.2, 0) is 6.54 Å². The van der Waals surface area contributed by atoms with Crippen LogP contribution in [0, 0.1) is 17.1 Å². The Labute approximate surface area is 182 Å². The number of rotatable bonds is 5. The smallest absolute Gasteiger partial charge is 0.181 e. The van der Waals surface area contributed by atoms with Crippen LogP contribution >= 0.6 is 23.2 Å². The SMILES string of the molecule is N#Cc1cc(Cl)cc(Oc2c(Cl)ccc(Cn3nccc3-c3ccccc3)c2F)c1. The van der Waals surface area contributed by atoms with E-state index >= 15 is 4.39 Å². The normalized spacial score (nSPS) is 10.6. The molecule has 0 amide bonds. The summed E-state index contributed by atoms with van der Waals surface area (Å²) >= 11 is 12.2. The predicted octanol–water partition coefficient (Wildman–Crippen LogP) is 6.71. The van der Waals surface area contributed by atoms with Crippen LogP contribution in [0.3, 0.4) is 0 Å². The fraction of sp³-hybridized carbons (Fsp3) is 0.0435. The standard InChI is InChI=1S/C23H14Cl2FN3O/c24-18-10-15(13-27)11-19(12-18)30-23-20(25)7-6-17(22(23)26)14-29-21(8-9-28-29)16-4-2-1-3-5-16/h1-12H,14H2. The van der Waals surface area contributed by atoms with Crippen molar-refractivity contribution in [3.8, 4) is 28.8 Å². The number of hydrogen-bond acceptors (Lipinski definition) is 3. The maximum atomic E-state index is 15.3. The molecule has 0 atom stereocenters. The molecule has 0 saturated carbocycles. The van der Waals surface area contributed by atoms with E-state index in [0.717, 1.165) is 11.3 Å². The molecule has 0 spiro atoms. The van der Waals surface area contributed by atoms with E-state index in [9.17, 15) is 0 Å². The van der Waals surface area contributed by atoms with Gasteiger partial charge >= 0.3 is 0 Å². The van der Waals surface area contributed by atoms with Crippen molar-refractivity contribution < 1.29 is 9.13 Å². The van der Waals surface area contributed by atoms with E-state index in [1.165, 1.54) is 18.2 Å². The highest BCUT2D eigenvalue weighted by atomic mass is 35.5. The van der Waals surface area contributed by atoms with Gasteiger partial charge in [0.15, 0.2) is 11.6 Å². The lowest BCUT2D eigenvalue weighted by molar-refractivity contribution is 0.436. The topological polar surface area (TPSA) is 50.8 Å². The Kier molecular flexibility index (Phi) is 5.71. The number of halogens is 3. The van der Waals surface area contributed by atoms with E-state index in [2.05, 4.69) is 5.10 Å². The highest BCUT2D eigenvalue weighted by Crippen LogP contribution is 2.35. The van der Waals surface area contributed by atoms with Crippen molar-refractivity contribution in [1.82, 2.24) is 9.78 Å². The van der Waals surface area contributed by atoms with E-state index in [4.69, 9.17) is 33.2 Å². The first kappa shape index (κ1) is 20.0. The molecule has 7 heteroatoms. The molecule has 0 bridgehead atoms. The first-order chi connectivity index (χ1) is 14.5. The molecule has 0 aliphatic rings. The zero-order chi connectivity index (χ0) is 21.1. The van der Waals surface area contributed by atoms with Crippen LogP contribution in [0.5, 0.6) is 11.5 Å². The Hall–Kier alpha value is -3.33. The van der Waals surface area contributed by atoms with Crippen LogP contribution in [0.15, 0.2) is 72.9 Å². The summed E-state index contributed by atoms with van der Waals surface area (Å²) in [4.78, 5) is 0. The molecule has 0 fully saturated rings. The molecular formula is C23H14Cl2FN3O. The molecule has 0 aliphatic carbocycles. The van der Waals surface area contributed by atoms with Crippen molar-refractivity contribution in [2.45, 2.75) is 6.54 Å². The molecule has 0 N–H and O–H groups in total. The summed E-state index contributed by atoms with van der Waals surface area (Å²) in [6.45, 7) is 0.190. The van der Waals surface area contributed by atoms with Crippen molar-refractivity contribution in [3.05, 3.63) is 99.9 Å². The molecule has 0 unspecified atom stereocenters. The summed E-state index contributed by atoms with van der Waals surface area (Å²) < 4.78 is 22.7. The van der Waals surface area contributed by atoms with Crippen LogP contribution in [0.2, 0.25) is 10.0 Å². The quantitative estimate of drug-likeness (QED) is 0.348. The van der Waals surface area contributed by atoms with Gasteiger partial charge in [-0.25, -0.2) is 4.39 Å². The van der Waals surface area contributed by atoms with Crippen LogP contribution < -0.4 is 4.74 Å². The maximum Gasteiger partial charge on any atom is 0.181 e. The fourth-order valence-corrected chi connectivity index (χ4v) is 3.48. The zero-order valence-corrected chi connectivity index (χ0v) is 17.0. The van der Waals surface area contributed by atoms with E-state index in [1.807, 2.05) is 42.5 Å². The summed E-state index contributed by atoms with van der Waals surface area (Å²) in [5, 5.41) is 13.8. The van der Waals surface area contributed by atoms with Gasteiger partial charge in [0.1, 0.15) is 5.75 Å². The lowest BCUT2D eigenvalue weighted by atomic mass is 10.1.